The maximum absolute atomic E-state index is 12.8. The first-order valence-corrected chi connectivity index (χ1v) is 11.4. The van der Waals surface area contributed by atoms with Crippen molar-refractivity contribution < 1.29 is 17.9 Å². The highest BCUT2D eigenvalue weighted by Crippen LogP contribution is 2.29. The van der Waals surface area contributed by atoms with Gasteiger partial charge in [-0.15, -0.1) is 0 Å². The highest BCUT2D eigenvalue weighted by atomic mass is 79.9. The lowest BCUT2D eigenvalue weighted by Crippen LogP contribution is -2.30. The molecular weight excluding hydrogens is 458 g/mol. The lowest BCUT2D eigenvalue weighted by Gasteiger charge is -2.19. The van der Waals surface area contributed by atoms with Gasteiger partial charge in [-0.05, 0) is 58.7 Å². The van der Waals surface area contributed by atoms with Gasteiger partial charge in [0, 0.05) is 23.2 Å². The van der Waals surface area contributed by atoms with E-state index in [4.69, 9.17) is 4.74 Å². The number of aryl methyl sites for hydroxylation is 1. The van der Waals surface area contributed by atoms with Gasteiger partial charge in [-0.1, -0.05) is 19.9 Å². The van der Waals surface area contributed by atoms with Gasteiger partial charge in [0.05, 0.1) is 24.2 Å². The van der Waals surface area contributed by atoms with E-state index in [0.717, 1.165) is 15.7 Å². The van der Waals surface area contributed by atoms with E-state index in [0.29, 0.717) is 24.5 Å². The minimum absolute atomic E-state index is 0.0117. The first-order valence-electron chi connectivity index (χ1n) is 9.21. The van der Waals surface area contributed by atoms with E-state index in [-0.39, 0.29) is 17.3 Å². The Morgan fingerprint density at radius 2 is 1.79 bits per heavy atom. The van der Waals surface area contributed by atoms with Crippen LogP contribution in [-0.4, -0.2) is 45.4 Å². The number of hydrogen-bond acceptors (Lipinski definition) is 5. The van der Waals surface area contributed by atoms with Crippen molar-refractivity contribution in [1.29, 1.82) is 0 Å². The Kier molecular flexibility index (Phi) is 8.06. The molecule has 2 aromatic rings. The van der Waals surface area contributed by atoms with Crippen molar-refractivity contribution in [2.24, 2.45) is 0 Å². The van der Waals surface area contributed by atoms with Crippen molar-refractivity contribution in [3.05, 3.63) is 46.4 Å². The summed E-state index contributed by atoms with van der Waals surface area (Å²) < 4.78 is 33.0. The molecule has 0 aliphatic rings. The number of amides is 1. The van der Waals surface area contributed by atoms with Gasteiger partial charge < -0.3 is 15.4 Å². The van der Waals surface area contributed by atoms with Crippen LogP contribution in [0.1, 0.15) is 19.4 Å². The molecule has 0 radical (unpaired) electrons. The second-order valence-corrected chi connectivity index (χ2v) is 9.13. The van der Waals surface area contributed by atoms with Crippen LogP contribution in [0.25, 0.3) is 0 Å². The molecule has 2 N–H and O–H groups in total. The minimum atomic E-state index is -3.64. The highest BCUT2D eigenvalue weighted by molar-refractivity contribution is 9.10. The Hall–Kier alpha value is -2.10. The number of anilines is 2. The lowest BCUT2D eigenvalue weighted by molar-refractivity contribution is -0.114. The Balaban J connectivity index is 2.19. The molecule has 9 heteroatoms. The topological polar surface area (TPSA) is 87.7 Å². The monoisotopic (exact) mass is 483 g/mol. The summed E-state index contributed by atoms with van der Waals surface area (Å²) in [4.78, 5) is 12.5. The van der Waals surface area contributed by atoms with Crippen LogP contribution in [0.2, 0.25) is 0 Å². The summed E-state index contributed by atoms with van der Waals surface area (Å²) in [6.45, 7) is 6.28. The number of nitrogens with zero attached hydrogens (tertiary/aromatic N) is 1. The number of benzene rings is 2. The maximum atomic E-state index is 12.8. The zero-order valence-electron chi connectivity index (χ0n) is 17.0. The van der Waals surface area contributed by atoms with Gasteiger partial charge >= 0.3 is 0 Å². The number of sulfonamides is 1. The molecule has 0 aliphatic heterocycles. The van der Waals surface area contributed by atoms with Crippen LogP contribution in [0, 0.1) is 6.92 Å². The fraction of sp³-hybridized carbons (Fsp3) is 0.350. The second-order valence-electron chi connectivity index (χ2n) is 6.34. The predicted octanol–water partition coefficient (Wildman–Crippen LogP) is 3.85. The first-order chi connectivity index (χ1) is 13.7. The van der Waals surface area contributed by atoms with Gasteiger partial charge in [0.25, 0.3) is 0 Å². The lowest BCUT2D eigenvalue weighted by atomic mass is 10.2. The third kappa shape index (κ3) is 5.71. The highest BCUT2D eigenvalue weighted by Gasteiger charge is 2.23. The van der Waals surface area contributed by atoms with E-state index >= 15 is 0 Å². The van der Waals surface area contributed by atoms with Crippen LogP contribution in [0.5, 0.6) is 5.75 Å². The van der Waals surface area contributed by atoms with Gasteiger partial charge in [0.15, 0.2) is 0 Å². The number of ether oxygens (including phenoxy) is 1. The van der Waals surface area contributed by atoms with Crippen molar-refractivity contribution in [2.75, 3.05) is 37.4 Å². The van der Waals surface area contributed by atoms with E-state index in [1.165, 1.54) is 29.6 Å². The Morgan fingerprint density at radius 1 is 1.10 bits per heavy atom. The summed E-state index contributed by atoms with van der Waals surface area (Å²) in [6, 6.07) is 10.2. The zero-order valence-corrected chi connectivity index (χ0v) is 19.4. The van der Waals surface area contributed by atoms with Crippen molar-refractivity contribution >= 4 is 43.2 Å². The first kappa shape index (κ1) is 23.2. The third-order valence-corrected chi connectivity index (χ3v) is 7.05. The molecule has 0 fully saturated rings. The van der Waals surface area contributed by atoms with Crippen molar-refractivity contribution in [1.82, 2.24) is 4.31 Å². The molecule has 0 bridgehead atoms. The summed E-state index contributed by atoms with van der Waals surface area (Å²) in [5.41, 5.74) is 2.19. The smallest absolute Gasteiger partial charge is 0.243 e. The molecule has 29 heavy (non-hydrogen) atoms. The average molecular weight is 484 g/mol. The SMILES string of the molecule is CCN(CC)S(=O)(=O)c1ccc(OC)c(NC(=O)CNc2ccc(C)cc2Br)c1. The van der Waals surface area contributed by atoms with Crippen molar-refractivity contribution in [3.63, 3.8) is 0 Å². The normalized spacial score (nSPS) is 11.4. The fourth-order valence-electron chi connectivity index (χ4n) is 2.79. The molecule has 0 aliphatic carbocycles. The van der Waals surface area contributed by atoms with Crippen LogP contribution in [0.4, 0.5) is 11.4 Å². The fourth-order valence-corrected chi connectivity index (χ4v) is 4.91. The number of nitrogens with one attached hydrogen (secondary N) is 2. The van der Waals surface area contributed by atoms with Crippen LogP contribution < -0.4 is 15.4 Å². The number of hydrogen-bond donors (Lipinski definition) is 2. The average Bonchev–Trinajstić information content (AvgIpc) is 2.68. The minimum Gasteiger partial charge on any atom is -0.495 e. The van der Waals surface area contributed by atoms with Gasteiger partial charge in [0.1, 0.15) is 5.75 Å². The summed E-state index contributed by atoms with van der Waals surface area (Å²) in [7, 11) is -2.18. The maximum Gasteiger partial charge on any atom is 0.243 e. The molecule has 0 saturated carbocycles. The predicted molar refractivity (Wildman–Crippen MR) is 119 cm³/mol. The number of carbonyl (C=O) groups excluding carboxylic acids is 1. The summed E-state index contributed by atoms with van der Waals surface area (Å²) in [5.74, 6) is 0.0570. The Bertz CT molecular complexity index is 976. The number of halogens is 1. The molecule has 0 atom stereocenters. The molecular formula is C20H26BrN3O4S. The molecule has 158 valence electrons. The molecule has 2 rings (SSSR count). The summed E-state index contributed by atoms with van der Waals surface area (Å²) in [5, 5.41) is 5.78. The molecule has 7 nitrogen and oxygen atoms in total. The third-order valence-electron chi connectivity index (χ3n) is 4.35. The van der Waals surface area contributed by atoms with Crippen LogP contribution in [-0.2, 0) is 14.8 Å². The molecule has 0 saturated heterocycles. The van der Waals surface area contributed by atoms with E-state index in [1.807, 2.05) is 25.1 Å². The molecule has 0 heterocycles. The Morgan fingerprint density at radius 3 is 2.38 bits per heavy atom. The standard InChI is InChI=1S/C20H26BrN3O4S/c1-5-24(6-2)29(26,27)15-8-10-19(28-4)18(12-15)23-20(25)13-22-17-9-7-14(3)11-16(17)21/h7-12,22H,5-6,13H2,1-4H3,(H,23,25). The van der Waals surface area contributed by atoms with Crippen LogP contribution >= 0.6 is 15.9 Å². The number of methoxy groups -OCH3 is 1. The van der Waals surface area contributed by atoms with Crippen molar-refractivity contribution in [3.8, 4) is 5.75 Å². The second kappa shape index (κ2) is 10.1. The van der Waals surface area contributed by atoms with Crippen molar-refractivity contribution in [2.45, 2.75) is 25.7 Å². The quantitative estimate of drug-likeness (QED) is 0.565. The van der Waals surface area contributed by atoms with Gasteiger partial charge in [-0.2, -0.15) is 4.31 Å². The Labute approximate surface area is 180 Å². The van der Waals surface area contributed by atoms with Crippen LogP contribution in [0.15, 0.2) is 45.8 Å². The molecule has 2 aromatic carbocycles. The van der Waals surface area contributed by atoms with E-state index < -0.39 is 10.0 Å². The van der Waals surface area contributed by atoms with E-state index in [1.54, 1.807) is 13.8 Å². The number of carbonyl (C=O) groups is 1. The largest absolute Gasteiger partial charge is 0.495 e. The van der Waals surface area contributed by atoms with Gasteiger partial charge in [-0.25, -0.2) is 8.42 Å². The van der Waals surface area contributed by atoms with Crippen LogP contribution in [0.3, 0.4) is 0 Å². The summed E-state index contributed by atoms with van der Waals surface area (Å²) in [6.07, 6.45) is 0. The zero-order chi connectivity index (χ0) is 21.6. The molecule has 0 unspecified atom stereocenters. The molecule has 0 aromatic heterocycles. The molecule has 0 spiro atoms. The van der Waals surface area contributed by atoms with E-state index in [2.05, 4.69) is 26.6 Å². The molecule has 1 amide bonds. The number of rotatable bonds is 9. The van der Waals surface area contributed by atoms with Gasteiger partial charge in [0.2, 0.25) is 15.9 Å². The van der Waals surface area contributed by atoms with E-state index in [9.17, 15) is 13.2 Å². The van der Waals surface area contributed by atoms with Gasteiger partial charge in [-0.3, -0.25) is 4.79 Å². The summed E-state index contributed by atoms with van der Waals surface area (Å²) >= 11 is 3.46.